The van der Waals surface area contributed by atoms with Crippen molar-refractivity contribution in [3.05, 3.63) is 29.3 Å². The van der Waals surface area contributed by atoms with Crippen molar-refractivity contribution in [1.82, 2.24) is 4.90 Å². The lowest BCUT2D eigenvalue weighted by molar-refractivity contribution is -0.153. The van der Waals surface area contributed by atoms with Crippen LogP contribution in [0.15, 0.2) is 24.3 Å². The average Bonchev–Trinajstić information content (AvgIpc) is 3.35. The number of rotatable bonds is 7. The van der Waals surface area contributed by atoms with Crippen LogP contribution in [0.1, 0.15) is 26.2 Å². The number of thioether (sulfide) groups is 1. The third-order valence-electron chi connectivity index (χ3n) is 6.30. The molecule has 9 heteroatoms. The van der Waals surface area contributed by atoms with Crippen LogP contribution in [0.5, 0.6) is 0 Å². The number of carbonyl (C=O) groups excluding carboxylic acids is 3. The average molecular weight is 453 g/mol. The van der Waals surface area contributed by atoms with Gasteiger partial charge < -0.3 is 20.1 Å². The lowest BCUT2D eigenvalue weighted by Crippen LogP contribution is -2.51. The minimum Gasteiger partial charge on any atom is -0.466 e. The number of halogens is 1. The number of ether oxygens (including phenoxy) is 1. The molecule has 0 aliphatic carbocycles. The topological polar surface area (TPSA) is 95.9 Å². The number of nitrogens with one attached hydrogen (secondary N) is 1. The molecule has 30 heavy (non-hydrogen) atoms. The molecular weight excluding hydrogens is 428 g/mol. The van der Waals surface area contributed by atoms with Gasteiger partial charge in [0.15, 0.2) is 0 Å². The van der Waals surface area contributed by atoms with Crippen LogP contribution in [0.3, 0.4) is 0 Å². The first-order valence-corrected chi connectivity index (χ1v) is 11.5. The maximum absolute atomic E-state index is 13.5. The Balaban J connectivity index is 1.69. The number of anilines is 1. The van der Waals surface area contributed by atoms with E-state index in [0.717, 1.165) is 6.42 Å². The minimum absolute atomic E-state index is 0.0198. The largest absolute Gasteiger partial charge is 0.466 e. The summed E-state index contributed by atoms with van der Waals surface area (Å²) in [5, 5.41) is 12.6. The molecule has 3 aliphatic rings. The number of carbonyl (C=O) groups is 3. The van der Waals surface area contributed by atoms with Crippen molar-refractivity contribution in [1.29, 1.82) is 0 Å². The van der Waals surface area contributed by atoms with E-state index in [9.17, 15) is 19.5 Å². The number of likely N-dealkylation sites (tertiary alicyclic amines) is 1. The van der Waals surface area contributed by atoms with Gasteiger partial charge in [-0.05, 0) is 38.3 Å². The molecule has 1 aromatic rings. The van der Waals surface area contributed by atoms with Crippen LogP contribution in [0.2, 0.25) is 5.02 Å². The van der Waals surface area contributed by atoms with Gasteiger partial charge in [-0.1, -0.05) is 23.7 Å². The van der Waals surface area contributed by atoms with E-state index >= 15 is 0 Å². The molecule has 0 aromatic heterocycles. The van der Waals surface area contributed by atoms with E-state index < -0.39 is 22.6 Å². The van der Waals surface area contributed by atoms with E-state index in [0.29, 0.717) is 23.6 Å². The Morgan fingerprint density at radius 2 is 2.17 bits per heavy atom. The third kappa shape index (κ3) is 3.29. The van der Waals surface area contributed by atoms with E-state index in [1.54, 1.807) is 47.9 Å². The Labute approximate surface area is 184 Å². The first kappa shape index (κ1) is 21.5. The molecule has 5 atom stereocenters. The summed E-state index contributed by atoms with van der Waals surface area (Å²) >= 11 is 7.80. The highest BCUT2D eigenvalue weighted by Gasteiger charge is 2.73. The van der Waals surface area contributed by atoms with Crippen molar-refractivity contribution in [2.45, 2.75) is 42.2 Å². The van der Waals surface area contributed by atoms with Crippen LogP contribution in [-0.4, -0.2) is 63.6 Å². The lowest BCUT2D eigenvalue weighted by Gasteiger charge is -2.34. The van der Waals surface area contributed by atoms with Gasteiger partial charge in [-0.3, -0.25) is 14.4 Å². The van der Waals surface area contributed by atoms with Crippen LogP contribution < -0.4 is 5.32 Å². The van der Waals surface area contributed by atoms with Gasteiger partial charge in [0.2, 0.25) is 11.8 Å². The summed E-state index contributed by atoms with van der Waals surface area (Å²) in [6.07, 6.45) is 1.81. The molecule has 0 radical (unpaired) electrons. The molecule has 1 spiro atoms. The molecule has 3 saturated heterocycles. The van der Waals surface area contributed by atoms with Gasteiger partial charge in [0.1, 0.15) is 6.04 Å². The van der Waals surface area contributed by atoms with Crippen LogP contribution in [0.4, 0.5) is 5.69 Å². The zero-order valence-electron chi connectivity index (χ0n) is 16.7. The Morgan fingerprint density at radius 1 is 1.40 bits per heavy atom. The van der Waals surface area contributed by atoms with E-state index in [1.165, 1.54) is 0 Å². The first-order chi connectivity index (χ1) is 14.4. The number of hydrogen-bond donors (Lipinski definition) is 2. The van der Waals surface area contributed by atoms with E-state index in [-0.39, 0.29) is 42.8 Å². The Morgan fingerprint density at radius 3 is 2.87 bits per heavy atom. The highest BCUT2D eigenvalue weighted by molar-refractivity contribution is 8.02. The first-order valence-electron chi connectivity index (χ1n) is 10.3. The molecule has 7 nitrogen and oxygen atoms in total. The Bertz CT molecular complexity index is 868. The zero-order chi connectivity index (χ0) is 21.5. The van der Waals surface area contributed by atoms with E-state index in [2.05, 4.69) is 5.32 Å². The Hall–Kier alpha value is -1.77. The molecule has 0 saturated carbocycles. The van der Waals surface area contributed by atoms with Crippen LogP contribution in [0, 0.1) is 11.8 Å². The molecule has 2 N–H and O–H groups in total. The monoisotopic (exact) mass is 452 g/mol. The van der Waals surface area contributed by atoms with Gasteiger partial charge >= 0.3 is 5.97 Å². The summed E-state index contributed by atoms with van der Waals surface area (Å²) in [5.74, 6) is -1.99. The molecule has 162 valence electrons. The number of para-hydroxylation sites is 1. The molecular formula is C21H25ClN2O5S. The molecule has 1 aromatic carbocycles. The fourth-order valence-electron chi connectivity index (χ4n) is 5.21. The fraction of sp³-hybridized carbons (Fsp3) is 0.571. The van der Waals surface area contributed by atoms with Crippen LogP contribution in [-0.2, 0) is 19.1 Å². The van der Waals surface area contributed by atoms with Gasteiger partial charge in [-0.2, -0.15) is 0 Å². The number of fused-ring (bicyclic) bond motifs is 1. The van der Waals surface area contributed by atoms with Gasteiger partial charge in [-0.25, -0.2) is 0 Å². The fourth-order valence-corrected chi connectivity index (χ4v) is 7.60. The zero-order valence-corrected chi connectivity index (χ0v) is 18.2. The number of amides is 2. The second-order valence-electron chi connectivity index (χ2n) is 7.89. The van der Waals surface area contributed by atoms with Crippen molar-refractivity contribution in [2.75, 3.05) is 25.1 Å². The summed E-state index contributed by atoms with van der Waals surface area (Å²) in [5.41, 5.74) is 0.484. The van der Waals surface area contributed by atoms with Gasteiger partial charge in [0.25, 0.3) is 0 Å². The van der Waals surface area contributed by atoms with Gasteiger partial charge in [0.05, 0.1) is 33.9 Å². The van der Waals surface area contributed by atoms with Gasteiger partial charge in [0, 0.05) is 18.4 Å². The summed E-state index contributed by atoms with van der Waals surface area (Å²) in [7, 11) is 0. The molecule has 2 unspecified atom stereocenters. The van der Waals surface area contributed by atoms with Crippen LogP contribution in [0.25, 0.3) is 0 Å². The lowest BCUT2D eigenvalue weighted by atomic mass is 9.71. The standard InChI is InChI=1S/C21H25ClN2O5S/c1-2-29-20(28)15-14-8-9-21(30-14)16(15)19(27)24(10-5-11-25)17(21)18(26)23-13-7-4-3-6-12(13)22/h3-4,6-7,14-17,25H,2,5,8-11H2,1H3,(H,23,26)/t14-,15+,16+,17?,21?/m1/s1. The van der Waals surface area contributed by atoms with Crippen LogP contribution >= 0.6 is 23.4 Å². The predicted octanol–water partition coefficient (Wildman–Crippen LogP) is 2.32. The number of hydrogen-bond acceptors (Lipinski definition) is 6. The maximum Gasteiger partial charge on any atom is 0.310 e. The third-order valence-corrected chi connectivity index (χ3v) is 8.58. The molecule has 4 rings (SSSR count). The maximum atomic E-state index is 13.5. The SMILES string of the molecule is CCOC(=O)[C@@H]1[C@H]2C(=O)N(CCCO)C(C(=O)Nc3ccccc3Cl)C23CC[C@H]1S3. The summed E-state index contributed by atoms with van der Waals surface area (Å²) in [6, 6.07) is 6.22. The van der Waals surface area contributed by atoms with Gasteiger partial charge in [-0.15, -0.1) is 11.8 Å². The highest BCUT2D eigenvalue weighted by atomic mass is 35.5. The quantitative estimate of drug-likeness (QED) is 0.616. The van der Waals surface area contributed by atoms with Crippen molar-refractivity contribution in [2.24, 2.45) is 11.8 Å². The van der Waals surface area contributed by atoms with Crippen molar-refractivity contribution >= 4 is 46.8 Å². The molecule has 3 aliphatic heterocycles. The van der Waals surface area contributed by atoms with E-state index in [1.807, 2.05) is 0 Å². The highest BCUT2D eigenvalue weighted by Crippen LogP contribution is 2.66. The molecule has 3 fully saturated rings. The summed E-state index contributed by atoms with van der Waals surface area (Å²) < 4.78 is 4.61. The molecule has 2 amide bonds. The van der Waals surface area contributed by atoms with Crippen molar-refractivity contribution in [3.8, 4) is 0 Å². The number of aliphatic hydroxyl groups excluding tert-OH is 1. The minimum atomic E-state index is -0.729. The number of aliphatic hydroxyl groups is 1. The predicted molar refractivity (Wildman–Crippen MR) is 114 cm³/mol. The second-order valence-corrected chi connectivity index (χ2v) is 9.89. The van der Waals surface area contributed by atoms with Crippen molar-refractivity contribution < 1.29 is 24.2 Å². The Kier molecular flexibility index (Phi) is 6.01. The normalized spacial score (nSPS) is 31.7. The molecule has 2 bridgehead atoms. The summed E-state index contributed by atoms with van der Waals surface area (Å²) in [6.45, 7) is 2.18. The smallest absolute Gasteiger partial charge is 0.310 e. The molecule has 3 heterocycles. The van der Waals surface area contributed by atoms with Crippen molar-refractivity contribution in [3.63, 3.8) is 0 Å². The van der Waals surface area contributed by atoms with E-state index in [4.69, 9.17) is 16.3 Å². The number of nitrogens with zero attached hydrogens (tertiary/aromatic N) is 1. The second kappa shape index (κ2) is 8.40. The number of esters is 1. The number of benzene rings is 1. The summed E-state index contributed by atoms with van der Waals surface area (Å²) in [4.78, 5) is 41.1.